The zero-order chi connectivity index (χ0) is 17.1. The van der Waals surface area contributed by atoms with E-state index in [2.05, 4.69) is 67.5 Å². The van der Waals surface area contributed by atoms with Crippen LogP contribution >= 0.6 is 0 Å². The maximum Gasteiger partial charge on any atom is 0.159 e. The van der Waals surface area contributed by atoms with Crippen LogP contribution in [0.25, 0.3) is 22.9 Å². The molecule has 0 bridgehead atoms. The highest BCUT2D eigenvalue weighted by atomic mass is 16.1. The van der Waals surface area contributed by atoms with Crippen molar-refractivity contribution < 1.29 is 4.79 Å². The number of hydrogen-bond acceptors (Lipinski definition) is 2. The molecule has 2 nitrogen and oxygen atoms in total. The van der Waals surface area contributed by atoms with Crippen LogP contribution in [0.3, 0.4) is 0 Å². The zero-order valence-electron chi connectivity index (χ0n) is 14.3. The van der Waals surface area contributed by atoms with Crippen molar-refractivity contribution in [1.82, 2.24) is 0 Å². The topological polar surface area (TPSA) is 20.3 Å². The molecule has 0 heterocycles. The summed E-state index contributed by atoms with van der Waals surface area (Å²) in [5, 5.41) is 2.47. The van der Waals surface area contributed by atoms with E-state index in [1.165, 1.54) is 16.5 Å². The smallest absolute Gasteiger partial charge is 0.159 e. The third-order valence-electron chi connectivity index (χ3n) is 4.15. The quantitative estimate of drug-likeness (QED) is 0.482. The highest BCUT2D eigenvalue weighted by Crippen LogP contribution is 2.23. The molecule has 24 heavy (non-hydrogen) atoms. The van der Waals surface area contributed by atoms with Crippen LogP contribution in [0.4, 0.5) is 5.69 Å². The Bertz CT molecular complexity index is 905. The third kappa shape index (κ3) is 3.54. The van der Waals surface area contributed by atoms with Gasteiger partial charge in [-0.05, 0) is 47.0 Å². The van der Waals surface area contributed by atoms with Crippen molar-refractivity contribution in [2.75, 3.05) is 19.0 Å². The Hall–Kier alpha value is -2.87. The molecular formula is C22H21NO. The van der Waals surface area contributed by atoms with Crippen molar-refractivity contribution in [3.05, 3.63) is 77.4 Å². The van der Waals surface area contributed by atoms with E-state index in [-0.39, 0.29) is 5.78 Å². The Balaban J connectivity index is 1.84. The maximum atomic E-state index is 11.3. The second-order valence-electron chi connectivity index (χ2n) is 6.20. The molecule has 3 rings (SSSR count). The van der Waals surface area contributed by atoms with E-state index in [9.17, 15) is 4.79 Å². The molecule has 0 radical (unpaired) electrons. The number of hydrogen-bond donors (Lipinski definition) is 0. The van der Waals surface area contributed by atoms with Gasteiger partial charge in [-0.3, -0.25) is 4.79 Å². The molecule has 0 aromatic heterocycles. The maximum absolute atomic E-state index is 11.3. The number of anilines is 1. The van der Waals surface area contributed by atoms with Crippen molar-refractivity contribution in [1.29, 1.82) is 0 Å². The molecule has 0 aliphatic rings. The highest BCUT2D eigenvalue weighted by molar-refractivity contribution is 5.94. The van der Waals surface area contributed by atoms with Gasteiger partial charge in [0.25, 0.3) is 0 Å². The summed E-state index contributed by atoms with van der Waals surface area (Å²) in [6, 6.07) is 20.6. The van der Waals surface area contributed by atoms with Crippen LogP contribution in [0.5, 0.6) is 0 Å². The molecule has 0 N–H and O–H groups in total. The van der Waals surface area contributed by atoms with E-state index in [1.807, 2.05) is 24.3 Å². The Morgan fingerprint density at radius 3 is 2.04 bits per heavy atom. The lowest BCUT2D eigenvalue weighted by Gasteiger charge is -2.13. The Morgan fingerprint density at radius 2 is 1.38 bits per heavy atom. The van der Waals surface area contributed by atoms with Gasteiger partial charge >= 0.3 is 0 Å². The summed E-state index contributed by atoms with van der Waals surface area (Å²) < 4.78 is 0. The molecule has 2 heteroatoms. The van der Waals surface area contributed by atoms with E-state index < -0.39 is 0 Å². The molecule has 3 aromatic carbocycles. The third-order valence-corrected chi connectivity index (χ3v) is 4.15. The largest absolute Gasteiger partial charge is 0.378 e. The number of carbonyl (C=O) groups excluding carboxylic acids is 1. The van der Waals surface area contributed by atoms with Gasteiger partial charge < -0.3 is 4.90 Å². The molecule has 0 unspecified atom stereocenters. The monoisotopic (exact) mass is 315 g/mol. The fourth-order valence-corrected chi connectivity index (χ4v) is 2.65. The molecule has 0 aliphatic heterocycles. The second-order valence-corrected chi connectivity index (χ2v) is 6.20. The van der Waals surface area contributed by atoms with Gasteiger partial charge in [-0.25, -0.2) is 0 Å². The first-order valence-corrected chi connectivity index (χ1v) is 8.03. The lowest BCUT2D eigenvalue weighted by Crippen LogP contribution is -2.07. The normalized spacial score (nSPS) is 11.1. The summed E-state index contributed by atoms with van der Waals surface area (Å²) in [5.41, 5.74) is 4.20. The van der Waals surface area contributed by atoms with Gasteiger partial charge in [0.2, 0.25) is 0 Å². The fourth-order valence-electron chi connectivity index (χ4n) is 2.65. The Morgan fingerprint density at radius 1 is 0.792 bits per heavy atom. The molecular weight excluding hydrogens is 294 g/mol. The first kappa shape index (κ1) is 16.0. The average Bonchev–Trinajstić information content (AvgIpc) is 2.59. The molecule has 0 atom stereocenters. The number of nitrogens with zero attached hydrogens (tertiary/aromatic N) is 1. The molecule has 0 spiro atoms. The van der Waals surface area contributed by atoms with E-state index in [4.69, 9.17) is 0 Å². The molecule has 0 aliphatic carbocycles. The summed E-state index contributed by atoms with van der Waals surface area (Å²) in [4.78, 5) is 13.4. The molecule has 0 amide bonds. The van der Waals surface area contributed by atoms with Crippen LogP contribution < -0.4 is 4.90 Å². The zero-order valence-corrected chi connectivity index (χ0v) is 14.3. The van der Waals surface area contributed by atoms with Crippen molar-refractivity contribution in [3.8, 4) is 0 Å². The predicted octanol–water partition coefficient (Wildman–Crippen LogP) is 5.28. The molecule has 0 saturated carbocycles. The lowest BCUT2D eigenvalue weighted by atomic mass is 10.0. The van der Waals surface area contributed by atoms with Crippen molar-refractivity contribution in [2.24, 2.45) is 0 Å². The van der Waals surface area contributed by atoms with Gasteiger partial charge in [0, 0.05) is 25.3 Å². The predicted molar refractivity (Wildman–Crippen MR) is 104 cm³/mol. The minimum atomic E-state index is 0.0946. The van der Waals surface area contributed by atoms with Crippen LogP contribution in [0.1, 0.15) is 28.4 Å². The van der Waals surface area contributed by atoms with Crippen LogP contribution in [-0.4, -0.2) is 19.9 Å². The van der Waals surface area contributed by atoms with Gasteiger partial charge in [-0.15, -0.1) is 0 Å². The number of ketones is 1. The van der Waals surface area contributed by atoms with E-state index in [0.717, 1.165) is 16.7 Å². The first-order valence-electron chi connectivity index (χ1n) is 8.03. The van der Waals surface area contributed by atoms with Crippen LogP contribution in [0.2, 0.25) is 0 Å². The second kappa shape index (κ2) is 6.71. The van der Waals surface area contributed by atoms with E-state index in [0.29, 0.717) is 0 Å². The standard InChI is InChI=1S/C22H21NO/c1-16(24)19-9-6-17(7-10-19)4-5-18-8-11-21-15-22(23(2)3)13-12-20(21)14-18/h4-15H,1-3H3. The molecule has 3 aromatic rings. The van der Waals surface area contributed by atoms with Gasteiger partial charge in [0.1, 0.15) is 0 Å². The van der Waals surface area contributed by atoms with Crippen molar-refractivity contribution in [2.45, 2.75) is 6.92 Å². The number of Topliss-reactive ketones (excluding diaryl/α,β-unsaturated/α-hetero) is 1. The van der Waals surface area contributed by atoms with Gasteiger partial charge in [0.15, 0.2) is 5.78 Å². The summed E-state index contributed by atoms with van der Waals surface area (Å²) in [6.45, 7) is 1.58. The molecule has 120 valence electrons. The summed E-state index contributed by atoms with van der Waals surface area (Å²) in [5.74, 6) is 0.0946. The molecule has 0 saturated heterocycles. The van der Waals surface area contributed by atoms with Crippen LogP contribution in [-0.2, 0) is 0 Å². The minimum absolute atomic E-state index is 0.0946. The highest BCUT2D eigenvalue weighted by Gasteiger charge is 2.00. The van der Waals surface area contributed by atoms with Crippen LogP contribution in [0.15, 0.2) is 60.7 Å². The fraction of sp³-hybridized carbons (Fsp3) is 0.136. The summed E-state index contributed by atoms with van der Waals surface area (Å²) >= 11 is 0. The average molecular weight is 315 g/mol. The number of rotatable bonds is 4. The molecule has 0 fully saturated rings. The first-order chi connectivity index (χ1) is 11.5. The van der Waals surface area contributed by atoms with Crippen molar-refractivity contribution in [3.63, 3.8) is 0 Å². The summed E-state index contributed by atoms with van der Waals surface area (Å²) in [6.07, 6.45) is 4.17. The van der Waals surface area contributed by atoms with Gasteiger partial charge in [0.05, 0.1) is 0 Å². The van der Waals surface area contributed by atoms with E-state index in [1.54, 1.807) is 6.92 Å². The Kier molecular flexibility index (Phi) is 4.48. The number of fused-ring (bicyclic) bond motifs is 1. The number of benzene rings is 3. The van der Waals surface area contributed by atoms with Gasteiger partial charge in [-0.1, -0.05) is 54.6 Å². The Labute approximate surface area is 143 Å². The SMILES string of the molecule is CC(=O)c1ccc(C=Cc2ccc3cc(N(C)C)ccc3c2)cc1. The summed E-state index contributed by atoms with van der Waals surface area (Å²) in [7, 11) is 4.10. The minimum Gasteiger partial charge on any atom is -0.378 e. The van der Waals surface area contributed by atoms with Gasteiger partial charge in [-0.2, -0.15) is 0 Å². The lowest BCUT2D eigenvalue weighted by molar-refractivity contribution is 0.101. The number of carbonyl (C=O) groups is 1. The van der Waals surface area contributed by atoms with Crippen LogP contribution in [0, 0.1) is 0 Å². The van der Waals surface area contributed by atoms with E-state index >= 15 is 0 Å². The van der Waals surface area contributed by atoms with Crippen molar-refractivity contribution >= 4 is 34.4 Å².